The van der Waals surface area contributed by atoms with Gasteiger partial charge in [-0.3, -0.25) is 4.79 Å². The Kier molecular flexibility index (Phi) is 6.16. The Hall–Kier alpha value is -1.92. The third-order valence-corrected chi connectivity index (χ3v) is 6.30. The van der Waals surface area contributed by atoms with Crippen LogP contribution in [0.2, 0.25) is 5.02 Å². The van der Waals surface area contributed by atoms with E-state index in [-0.39, 0.29) is 12.0 Å². The number of halogens is 1. The first kappa shape index (κ1) is 21.3. The molecule has 2 N–H and O–H groups in total. The maximum atomic E-state index is 11.3. The topological polar surface area (TPSA) is 67.8 Å². The van der Waals surface area contributed by atoms with Gasteiger partial charge in [-0.05, 0) is 47.2 Å². The summed E-state index contributed by atoms with van der Waals surface area (Å²) in [5, 5.41) is 14.0. The average molecular weight is 430 g/mol. The van der Waals surface area contributed by atoms with Gasteiger partial charge < -0.3 is 19.9 Å². The first-order chi connectivity index (χ1) is 14.4. The van der Waals surface area contributed by atoms with Gasteiger partial charge in [0, 0.05) is 36.9 Å². The minimum Gasteiger partial charge on any atom is -0.393 e. The first-order valence-corrected chi connectivity index (χ1v) is 10.9. The van der Waals surface area contributed by atoms with Crippen molar-refractivity contribution in [3.63, 3.8) is 0 Å². The number of ether oxygens (including phenoxy) is 2. The van der Waals surface area contributed by atoms with E-state index >= 15 is 0 Å². The summed E-state index contributed by atoms with van der Waals surface area (Å²) in [7, 11) is 0. The van der Waals surface area contributed by atoms with E-state index in [1.807, 2.05) is 6.07 Å². The van der Waals surface area contributed by atoms with Gasteiger partial charge in [0.1, 0.15) is 0 Å². The summed E-state index contributed by atoms with van der Waals surface area (Å²) in [5.74, 6) is -1.12. The lowest BCUT2D eigenvalue weighted by atomic mass is 9.89. The fourth-order valence-corrected chi connectivity index (χ4v) is 4.62. The maximum Gasteiger partial charge on any atom is 0.216 e. The molecule has 2 aromatic carbocycles. The van der Waals surface area contributed by atoms with Crippen LogP contribution in [-0.4, -0.2) is 29.8 Å². The van der Waals surface area contributed by atoms with Gasteiger partial charge >= 0.3 is 0 Å². The molecular formula is C24H28ClNO4. The second-order valence-electron chi connectivity index (χ2n) is 8.26. The molecule has 2 heterocycles. The lowest BCUT2D eigenvalue weighted by molar-refractivity contribution is -0.297. The third kappa shape index (κ3) is 4.40. The van der Waals surface area contributed by atoms with Gasteiger partial charge in [-0.1, -0.05) is 42.8 Å². The molecule has 4 rings (SSSR count). The molecule has 0 aromatic heterocycles. The van der Waals surface area contributed by atoms with Crippen molar-refractivity contribution in [2.24, 2.45) is 0 Å². The summed E-state index contributed by atoms with van der Waals surface area (Å²) >= 11 is 6.59. The standard InChI is InChI=1S/C24H28ClNO4/c1-3-16-4-6-17(7-5-16)8-18-9-22-19(10-23(18)25)14-29-24(22)12-20(28)11-21(30-24)13-26-15(2)27/h4-7,9-10,20-21,28H,3,8,11-14H2,1-2H3,(H,26,27)/t20-,21-,24+/m0/s1. The molecule has 2 aliphatic heterocycles. The van der Waals surface area contributed by atoms with Crippen molar-refractivity contribution >= 4 is 17.5 Å². The van der Waals surface area contributed by atoms with Crippen molar-refractivity contribution in [2.45, 2.75) is 64.1 Å². The number of fused-ring (bicyclic) bond motifs is 2. The van der Waals surface area contributed by atoms with Crippen LogP contribution in [0.25, 0.3) is 0 Å². The largest absolute Gasteiger partial charge is 0.393 e. The zero-order valence-electron chi connectivity index (χ0n) is 17.4. The van der Waals surface area contributed by atoms with Crippen LogP contribution < -0.4 is 5.32 Å². The van der Waals surface area contributed by atoms with Crippen molar-refractivity contribution in [3.8, 4) is 0 Å². The van der Waals surface area contributed by atoms with Crippen molar-refractivity contribution in [1.29, 1.82) is 0 Å². The molecule has 1 fully saturated rings. The highest BCUT2D eigenvalue weighted by atomic mass is 35.5. The number of nitrogens with one attached hydrogen (secondary N) is 1. The number of hydrogen-bond donors (Lipinski definition) is 2. The lowest BCUT2D eigenvalue weighted by Crippen LogP contribution is -2.47. The molecule has 1 saturated heterocycles. The number of rotatable bonds is 5. The maximum absolute atomic E-state index is 11.3. The van der Waals surface area contributed by atoms with Crippen molar-refractivity contribution < 1.29 is 19.4 Å². The normalized spacial score (nSPS) is 25.3. The summed E-state index contributed by atoms with van der Waals surface area (Å²) in [4.78, 5) is 11.3. The Labute approximate surface area is 182 Å². The molecule has 5 nitrogen and oxygen atoms in total. The number of amides is 1. The van der Waals surface area contributed by atoms with Crippen molar-refractivity contribution in [2.75, 3.05) is 6.54 Å². The number of carbonyl (C=O) groups is 1. The fourth-order valence-electron chi connectivity index (χ4n) is 4.36. The van der Waals surface area contributed by atoms with E-state index in [4.69, 9.17) is 21.1 Å². The Morgan fingerprint density at radius 2 is 2.00 bits per heavy atom. The second-order valence-corrected chi connectivity index (χ2v) is 8.67. The van der Waals surface area contributed by atoms with Crippen molar-refractivity contribution in [1.82, 2.24) is 5.32 Å². The Balaban J connectivity index is 1.61. The predicted molar refractivity (Wildman–Crippen MR) is 115 cm³/mol. The highest BCUT2D eigenvalue weighted by Gasteiger charge is 2.48. The van der Waals surface area contributed by atoms with Crippen molar-refractivity contribution in [3.05, 3.63) is 69.2 Å². The molecule has 2 aliphatic rings. The molecule has 1 spiro atoms. The van der Waals surface area contributed by atoms with Gasteiger partial charge in [0.2, 0.25) is 5.91 Å². The number of carbonyl (C=O) groups excluding carboxylic acids is 1. The van der Waals surface area contributed by atoms with Gasteiger partial charge in [0.05, 0.1) is 18.8 Å². The SMILES string of the molecule is CCc1ccc(Cc2cc3c(cc2Cl)CO[C@@]32C[C@@H](O)C[C@@H](CNC(C)=O)O2)cc1. The van der Waals surface area contributed by atoms with E-state index in [9.17, 15) is 9.90 Å². The molecule has 2 aromatic rings. The average Bonchev–Trinajstić information content (AvgIpc) is 3.03. The summed E-state index contributed by atoms with van der Waals surface area (Å²) in [6.07, 6.45) is 1.67. The molecule has 1 amide bonds. The molecule has 160 valence electrons. The highest BCUT2D eigenvalue weighted by molar-refractivity contribution is 6.31. The number of hydrogen-bond acceptors (Lipinski definition) is 4. The Bertz CT molecular complexity index is 930. The summed E-state index contributed by atoms with van der Waals surface area (Å²) < 4.78 is 12.4. The lowest BCUT2D eigenvalue weighted by Gasteiger charge is -2.40. The van der Waals surface area contributed by atoms with Crippen LogP contribution in [0.5, 0.6) is 0 Å². The predicted octanol–water partition coefficient (Wildman–Crippen LogP) is 3.85. The van der Waals surface area contributed by atoms with E-state index in [1.165, 1.54) is 18.1 Å². The van der Waals surface area contributed by atoms with Gasteiger partial charge in [-0.2, -0.15) is 0 Å². The van der Waals surface area contributed by atoms with E-state index in [2.05, 4.69) is 42.6 Å². The van der Waals surface area contributed by atoms with Crippen LogP contribution in [0.15, 0.2) is 36.4 Å². The Morgan fingerprint density at radius 1 is 1.27 bits per heavy atom. The van der Waals surface area contributed by atoms with Gasteiger partial charge in [0.15, 0.2) is 5.79 Å². The number of aryl methyl sites for hydroxylation is 1. The highest BCUT2D eigenvalue weighted by Crippen LogP contribution is 2.46. The summed E-state index contributed by atoms with van der Waals surface area (Å²) in [6, 6.07) is 12.6. The quantitative estimate of drug-likeness (QED) is 0.757. The third-order valence-electron chi connectivity index (χ3n) is 5.94. The molecule has 6 heteroatoms. The van der Waals surface area contributed by atoms with Gasteiger partial charge in [0.25, 0.3) is 0 Å². The summed E-state index contributed by atoms with van der Waals surface area (Å²) in [5.41, 5.74) is 5.42. The zero-order valence-corrected chi connectivity index (χ0v) is 18.2. The zero-order chi connectivity index (χ0) is 21.3. The van der Waals surface area contributed by atoms with Crippen LogP contribution in [0.3, 0.4) is 0 Å². The van der Waals surface area contributed by atoms with E-state index in [0.717, 1.165) is 23.1 Å². The fraction of sp³-hybridized carbons (Fsp3) is 0.458. The molecule has 30 heavy (non-hydrogen) atoms. The molecular weight excluding hydrogens is 402 g/mol. The molecule has 0 bridgehead atoms. The van der Waals surface area contributed by atoms with Crippen LogP contribution >= 0.6 is 11.6 Å². The minimum atomic E-state index is -0.998. The van der Waals surface area contributed by atoms with Gasteiger partial charge in [-0.15, -0.1) is 0 Å². The molecule has 3 atom stereocenters. The van der Waals surface area contributed by atoms with E-state index < -0.39 is 11.9 Å². The Morgan fingerprint density at radius 3 is 2.70 bits per heavy atom. The first-order valence-electron chi connectivity index (χ1n) is 10.5. The summed E-state index contributed by atoms with van der Waals surface area (Å²) in [6.45, 7) is 4.35. The van der Waals surface area contributed by atoms with Crippen LogP contribution in [0.4, 0.5) is 0 Å². The van der Waals surface area contributed by atoms with E-state index in [1.54, 1.807) is 0 Å². The monoisotopic (exact) mass is 429 g/mol. The van der Waals surface area contributed by atoms with E-state index in [0.29, 0.717) is 37.4 Å². The van der Waals surface area contributed by atoms with Crippen LogP contribution in [-0.2, 0) is 39.5 Å². The molecule has 0 radical (unpaired) electrons. The molecule has 0 saturated carbocycles. The van der Waals surface area contributed by atoms with Gasteiger partial charge in [-0.25, -0.2) is 0 Å². The molecule has 0 aliphatic carbocycles. The van der Waals surface area contributed by atoms with Crippen LogP contribution in [0.1, 0.15) is 54.5 Å². The number of aliphatic hydroxyl groups excluding tert-OH is 1. The van der Waals surface area contributed by atoms with Crippen LogP contribution in [0, 0.1) is 0 Å². The number of benzene rings is 2. The minimum absolute atomic E-state index is 0.122. The smallest absolute Gasteiger partial charge is 0.216 e. The molecule has 0 unspecified atom stereocenters. The second kappa shape index (κ2) is 8.67. The number of aliphatic hydroxyl groups is 1.